The summed E-state index contributed by atoms with van der Waals surface area (Å²) in [4.78, 5) is 12.4. The maximum Gasteiger partial charge on any atom is 0.326 e. The van der Waals surface area contributed by atoms with Gasteiger partial charge in [0.2, 0.25) is 0 Å². The molecule has 1 N–H and O–H groups in total. The van der Waals surface area contributed by atoms with Crippen molar-refractivity contribution in [2.24, 2.45) is 0 Å². The molecule has 1 unspecified atom stereocenters. The third-order valence-electron chi connectivity index (χ3n) is 2.29. The van der Waals surface area contributed by atoms with Crippen LogP contribution in [0.25, 0.3) is 0 Å². The first-order valence-corrected chi connectivity index (χ1v) is 4.33. The number of carbonyl (C=O) groups is 1. The largest absolute Gasteiger partial charge is 0.480 e. The highest BCUT2D eigenvalue weighted by atomic mass is 16.5. The molecule has 0 saturated carbocycles. The van der Waals surface area contributed by atoms with E-state index in [0.29, 0.717) is 11.5 Å². The highest BCUT2D eigenvalue weighted by Crippen LogP contribution is 2.24. The van der Waals surface area contributed by atoms with Gasteiger partial charge in [-0.2, -0.15) is 0 Å². The summed E-state index contributed by atoms with van der Waals surface area (Å²) < 4.78 is 4.96. The molecule has 0 aliphatic carbocycles. The summed E-state index contributed by atoms with van der Waals surface area (Å²) in [6.45, 7) is 5.17. The zero-order chi connectivity index (χ0) is 10.9. The van der Waals surface area contributed by atoms with Crippen LogP contribution in [-0.4, -0.2) is 29.3 Å². The van der Waals surface area contributed by atoms with Crippen LogP contribution >= 0.6 is 0 Å². The Morgan fingerprint density at radius 1 is 1.57 bits per heavy atom. The zero-order valence-corrected chi connectivity index (χ0v) is 8.74. The number of nitrogens with zero attached hydrogens (tertiary/aromatic N) is 2. The quantitative estimate of drug-likeness (QED) is 0.790. The van der Waals surface area contributed by atoms with Crippen LogP contribution in [0.2, 0.25) is 0 Å². The van der Waals surface area contributed by atoms with E-state index in [1.54, 1.807) is 32.7 Å². The lowest BCUT2D eigenvalue weighted by Gasteiger charge is -2.22. The highest BCUT2D eigenvalue weighted by Gasteiger charge is 2.22. The molecule has 78 valence electrons. The number of aliphatic carboxylic acids is 1. The number of rotatable bonds is 3. The molecule has 0 fully saturated rings. The van der Waals surface area contributed by atoms with E-state index in [-0.39, 0.29) is 0 Å². The molecule has 0 bridgehead atoms. The molecule has 1 atom stereocenters. The van der Waals surface area contributed by atoms with Crippen LogP contribution in [0.5, 0.6) is 0 Å². The van der Waals surface area contributed by atoms with E-state index in [4.69, 9.17) is 9.63 Å². The Balaban J connectivity index is 2.99. The van der Waals surface area contributed by atoms with E-state index >= 15 is 0 Å². The van der Waals surface area contributed by atoms with Gasteiger partial charge in [0.05, 0.1) is 0 Å². The maximum absolute atomic E-state index is 10.8. The molecule has 0 aliphatic heterocycles. The molecule has 0 spiro atoms. The number of likely N-dealkylation sites (N-methyl/N-ethyl adjacent to an activating group) is 1. The fraction of sp³-hybridized carbons (Fsp3) is 0.556. The third kappa shape index (κ3) is 1.71. The molecule has 0 amide bonds. The average molecular weight is 198 g/mol. The molecular formula is C9H14N2O3. The molecule has 1 heterocycles. The average Bonchev–Trinajstić information content (AvgIpc) is 2.44. The Hall–Kier alpha value is -1.52. The molecule has 5 heteroatoms. The Kier molecular flexibility index (Phi) is 2.78. The Morgan fingerprint density at radius 2 is 2.14 bits per heavy atom. The summed E-state index contributed by atoms with van der Waals surface area (Å²) in [6.07, 6.45) is 0. The van der Waals surface area contributed by atoms with Crippen molar-refractivity contribution in [2.75, 3.05) is 11.9 Å². The first-order chi connectivity index (χ1) is 6.45. The SMILES string of the molecule is Cc1noc(C)c1N(C)C(C)C(=O)O. The van der Waals surface area contributed by atoms with Crippen LogP contribution in [0.4, 0.5) is 5.69 Å². The van der Waals surface area contributed by atoms with Gasteiger partial charge in [-0.15, -0.1) is 0 Å². The highest BCUT2D eigenvalue weighted by molar-refractivity contribution is 5.78. The molecule has 1 aromatic rings. The number of hydrogen-bond acceptors (Lipinski definition) is 4. The zero-order valence-electron chi connectivity index (χ0n) is 8.74. The second kappa shape index (κ2) is 3.69. The van der Waals surface area contributed by atoms with Gasteiger partial charge in [-0.25, -0.2) is 4.79 Å². The summed E-state index contributed by atoms with van der Waals surface area (Å²) in [7, 11) is 1.71. The first-order valence-electron chi connectivity index (χ1n) is 4.33. The third-order valence-corrected chi connectivity index (χ3v) is 2.29. The van der Waals surface area contributed by atoms with Gasteiger partial charge in [0, 0.05) is 7.05 Å². The van der Waals surface area contributed by atoms with E-state index in [1.807, 2.05) is 0 Å². The molecule has 0 saturated heterocycles. The van der Waals surface area contributed by atoms with Crippen molar-refractivity contribution in [1.29, 1.82) is 0 Å². The standard InChI is InChI=1S/C9H14N2O3/c1-5-8(7(3)14-10-5)11(4)6(2)9(12)13/h6H,1-4H3,(H,12,13). The van der Waals surface area contributed by atoms with Crippen LogP contribution in [-0.2, 0) is 4.79 Å². The Morgan fingerprint density at radius 3 is 2.50 bits per heavy atom. The van der Waals surface area contributed by atoms with Gasteiger partial charge in [0.25, 0.3) is 0 Å². The number of aryl methyl sites for hydroxylation is 2. The molecular weight excluding hydrogens is 184 g/mol. The summed E-state index contributed by atoms with van der Waals surface area (Å²) in [5.41, 5.74) is 1.46. The lowest BCUT2D eigenvalue weighted by molar-refractivity contribution is -0.138. The van der Waals surface area contributed by atoms with Crippen molar-refractivity contribution in [3.63, 3.8) is 0 Å². The molecule has 1 rings (SSSR count). The van der Waals surface area contributed by atoms with Gasteiger partial charge in [-0.05, 0) is 20.8 Å². The van der Waals surface area contributed by atoms with Crippen molar-refractivity contribution in [3.05, 3.63) is 11.5 Å². The normalized spacial score (nSPS) is 12.6. The molecule has 0 aliphatic rings. The van der Waals surface area contributed by atoms with Crippen molar-refractivity contribution in [1.82, 2.24) is 5.16 Å². The Labute approximate surface area is 82.3 Å². The fourth-order valence-electron chi connectivity index (χ4n) is 1.34. The number of aromatic nitrogens is 1. The topological polar surface area (TPSA) is 66.6 Å². The second-order valence-corrected chi connectivity index (χ2v) is 3.30. The van der Waals surface area contributed by atoms with Gasteiger partial charge in [0.15, 0.2) is 5.76 Å². The van der Waals surface area contributed by atoms with E-state index in [1.165, 1.54) is 0 Å². The first kappa shape index (κ1) is 10.6. The Bertz CT molecular complexity index is 326. The maximum atomic E-state index is 10.8. The molecule has 0 aromatic carbocycles. The molecule has 0 radical (unpaired) electrons. The van der Waals surface area contributed by atoms with Gasteiger partial charge >= 0.3 is 5.97 Å². The van der Waals surface area contributed by atoms with E-state index in [2.05, 4.69) is 5.16 Å². The van der Waals surface area contributed by atoms with Crippen molar-refractivity contribution < 1.29 is 14.4 Å². The smallest absolute Gasteiger partial charge is 0.326 e. The van der Waals surface area contributed by atoms with Crippen LogP contribution in [0.1, 0.15) is 18.4 Å². The molecule has 14 heavy (non-hydrogen) atoms. The second-order valence-electron chi connectivity index (χ2n) is 3.30. The van der Waals surface area contributed by atoms with Crippen LogP contribution in [0.15, 0.2) is 4.52 Å². The minimum absolute atomic E-state index is 0.591. The number of carboxylic acids is 1. The number of anilines is 1. The number of hydrogen-bond donors (Lipinski definition) is 1. The summed E-state index contributed by atoms with van der Waals surface area (Å²) in [5, 5.41) is 12.6. The van der Waals surface area contributed by atoms with Crippen molar-refractivity contribution in [3.8, 4) is 0 Å². The van der Waals surface area contributed by atoms with Gasteiger partial charge in [-0.1, -0.05) is 5.16 Å². The lowest BCUT2D eigenvalue weighted by Crippen LogP contribution is -2.36. The van der Waals surface area contributed by atoms with E-state index in [9.17, 15) is 4.79 Å². The predicted octanol–water partition coefficient (Wildman–Crippen LogP) is 1.20. The summed E-state index contributed by atoms with van der Waals surface area (Å²) >= 11 is 0. The van der Waals surface area contributed by atoms with E-state index < -0.39 is 12.0 Å². The van der Waals surface area contributed by atoms with E-state index in [0.717, 1.165) is 5.69 Å². The summed E-state index contributed by atoms with van der Waals surface area (Å²) in [5.74, 6) is -0.231. The van der Waals surface area contributed by atoms with Crippen molar-refractivity contribution in [2.45, 2.75) is 26.8 Å². The van der Waals surface area contributed by atoms with Gasteiger partial charge < -0.3 is 14.5 Å². The minimum Gasteiger partial charge on any atom is -0.480 e. The summed E-state index contributed by atoms with van der Waals surface area (Å²) in [6, 6.07) is -0.591. The van der Waals surface area contributed by atoms with Crippen LogP contribution in [0, 0.1) is 13.8 Å². The fourth-order valence-corrected chi connectivity index (χ4v) is 1.34. The number of carboxylic acid groups (broad SMARTS) is 1. The minimum atomic E-state index is -0.868. The lowest BCUT2D eigenvalue weighted by atomic mass is 10.2. The molecule has 1 aromatic heterocycles. The van der Waals surface area contributed by atoms with Crippen LogP contribution in [0.3, 0.4) is 0 Å². The van der Waals surface area contributed by atoms with Crippen molar-refractivity contribution >= 4 is 11.7 Å². The van der Waals surface area contributed by atoms with Crippen LogP contribution < -0.4 is 4.90 Å². The van der Waals surface area contributed by atoms with Gasteiger partial charge in [-0.3, -0.25) is 0 Å². The predicted molar refractivity (Wildman–Crippen MR) is 51.5 cm³/mol. The van der Waals surface area contributed by atoms with Gasteiger partial charge in [0.1, 0.15) is 17.4 Å². The molecule has 5 nitrogen and oxygen atoms in total. The monoisotopic (exact) mass is 198 g/mol.